The highest BCUT2D eigenvalue weighted by Gasteiger charge is 2.29. The van der Waals surface area contributed by atoms with Crippen molar-refractivity contribution in [2.24, 2.45) is 5.92 Å². The molecule has 4 nitrogen and oxygen atoms in total. The first-order valence-corrected chi connectivity index (χ1v) is 8.82. The number of oxazole rings is 1. The maximum absolute atomic E-state index is 11.6. The van der Waals surface area contributed by atoms with Crippen LogP contribution < -0.4 is 0 Å². The van der Waals surface area contributed by atoms with Gasteiger partial charge in [0.25, 0.3) is 0 Å². The molecular weight excluding hydrogens is 334 g/mol. The first-order valence-electron chi connectivity index (χ1n) is 7.62. The van der Waals surface area contributed by atoms with E-state index in [1.54, 1.807) is 6.20 Å². The van der Waals surface area contributed by atoms with Crippen LogP contribution in [0.2, 0.25) is 5.02 Å². The highest BCUT2D eigenvalue weighted by molar-refractivity contribution is 7.99. The summed E-state index contributed by atoms with van der Waals surface area (Å²) in [6.45, 7) is 0. The van der Waals surface area contributed by atoms with E-state index in [4.69, 9.17) is 20.8 Å². The van der Waals surface area contributed by atoms with Crippen LogP contribution in [0.15, 0.2) is 44.9 Å². The van der Waals surface area contributed by atoms with Gasteiger partial charge in [-0.15, -0.1) is 0 Å². The van der Waals surface area contributed by atoms with Gasteiger partial charge in [0.05, 0.1) is 19.2 Å². The van der Waals surface area contributed by atoms with E-state index in [1.807, 2.05) is 24.3 Å². The van der Waals surface area contributed by atoms with Gasteiger partial charge < -0.3 is 9.15 Å². The number of ether oxygens (including phenoxy) is 1. The van der Waals surface area contributed by atoms with Gasteiger partial charge in [-0.25, -0.2) is 4.98 Å². The minimum absolute atomic E-state index is 0.0223. The van der Waals surface area contributed by atoms with Gasteiger partial charge in [0, 0.05) is 15.8 Å². The number of hydrogen-bond donors (Lipinski definition) is 0. The Morgan fingerprint density at radius 1 is 1.26 bits per heavy atom. The number of nitrogens with zero attached hydrogens (tertiary/aromatic N) is 1. The first kappa shape index (κ1) is 16.4. The highest BCUT2D eigenvalue weighted by Crippen LogP contribution is 2.38. The van der Waals surface area contributed by atoms with Crippen molar-refractivity contribution in [3.05, 3.63) is 41.4 Å². The van der Waals surface area contributed by atoms with Crippen LogP contribution in [-0.4, -0.2) is 18.1 Å². The molecule has 0 amide bonds. The summed E-state index contributed by atoms with van der Waals surface area (Å²) < 4.78 is 10.7. The summed E-state index contributed by atoms with van der Waals surface area (Å²) in [7, 11) is 1.45. The molecule has 0 unspecified atom stereocenters. The maximum atomic E-state index is 11.6. The third-order valence-corrected chi connectivity index (χ3v) is 5.30. The predicted molar refractivity (Wildman–Crippen MR) is 88.8 cm³/mol. The average Bonchev–Trinajstić information content (AvgIpc) is 3.05. The molecule has 1 aromatic heterocycles. The molecule has 23 heavy (non-hydrogen) atoms. The molecule has 0 radical (unpaired) electrons. The molecule has 3 rings (SSSR count). The molecule has 0 N–H and O–H groups in total. The summed E-state index contributed by atoms with van der Waals surface area (Å²) in [5.74, 6) is 0.976. The smallest absolute Gasteiger partial charge is 0.308 e. The Labute approximate surface area is 144 Å². The molecule has 1 aliphatic rings. The van der Waals surface area contributed by atoms with Crippen molar-refractivity contribution in [2.75, 3.05) is 7.11 Å². The van der Waals surface area contributed by atoms with E-state index in [2.05, 4.69) is 4.98 Å². The van der Waals surface area contributed by atoms with Crippen LogP contribution in [0.3, 0.4) is 0 Å². The number of hydrogen-bond acceptors (Lipinski definition) is 5. The number of carbonyl (C=O) groups excluding carboxylic acids is 1. The Morgan fingerprint density at radius 2 is 1.96 bits per heavy atom. The van der Waals surface area contributed by atoms with Crippen LogP contribution in [0.5, 0.6) is 0 Å². The lowest BCUT2D eigenvalue weighted by atomic mass is 9.82. The molecular formula is C17H18ClNO3S. The van der Waals surface area contributed by atoms with E-state index in [1.165, 1.54) is 18.9 Å². The van der Waals surface area contributed by atoms with Gasteiger partial charge >= 0.3 is 5.97 Å². The van der Waals surface area contributed by atoms with Crippen molar-refractivity contribution in [2.45, 2.75) is 41.6 Å². The largest absolute Gasteiger partial charge is 0.469 e. The van der Waals surface area contributed by atoms with E-state index in [0.717, 1.165) is 46.6 Å². The van der Waals surface area contributed by atoms with E-state index < -0.39 is 0 Å². The predicted octanol–water partition coefficient (Wildman–Crippen LogP) is 4.93. The second-order valence-electron chi connectivity index (χ2n) is 5.65. The number of aromatic nitrogens is 1. The molecule has 1 fully saturated rings. The van der Waals surface area contributed by atoms with Crippen molar-refractivity contribution in [1.29, 1.82) is 0 Å². The summed E-state index contributed by atoms with van der Waals surface area (Å²) in [6.07, 6.45) is 5.25. The van der Waals surface area contributed by atoms with Crippen LogP contribution >= 0.6 is 23.4 Å². The van der Waals surface area contributed by atoms with Crippen molar-refractivity contribution in [1.82, 2.24) is 4.98 Å². The third kappa shape index (κ3) is 4.09. The monoisotopic (exact) mass is 351 g/mol. The lowest BCUT2D eigenvalue weighted by Crippen LogP contribution is -2.22. The Balaban J connectivity index is 1.59. The number of esters is 1. The van der Waals surface area contributed by atoms with Gasteiger partial charge in [0.1, 0.15) is 0 Å². The number of rotatable bonds is 4. The average molecular weight is 352 g/mol. The quantitative estimate of drug-likeness (QED) is 0.731. The topological polar surface area (TPSA) is 52.3 Å². The third-order valence-electron chi connectivity index (χ3n) is 4.15. The molecule has 1 saturated carbocycles. The molecule has 1 aromatic carbocycles. The van der Waals surface area contributed by atoms with Gasteiger partial charge in [-0.05, 0) is 49.9 Å². The Morgan fingerprint density at radius 3 is 2.61 bits per heavy atom. The molecule has 0 spiro atoms. The summed E-state index contributed by atoms with van der Waals surface area (Å²) in [4.78, 5) is 17.0. The second-order valence-corrected chi connectivity index (χ2v) is 7.16. The summed E-state index contributed by atoms with van der Waals surface area (Å²) in [5.41, 5.74) is 0. The van der Waals surface area contributed by atoms with E-state index in [0.29, 0.717) is 0 Å². The standard InChI is InChI=1S/C17H18ClNO3S/c1-21-17(20)12-4-2-11(3-5-12)16-19-10-15(22-16)23-14-8-6-13(18)7-9-14/h6-12H,2-5H2,1H3. The molecule has 0 aliphatic heterocycles. The van der Waals surface area contributed by atoms with Gasteiger partial charge in [0.15, 0.2) is 11.0 Å². The lowest BCUT2D eigenvalue weighted by molar-refractivity contribution is -0.146. The fraction of sp³-hybridized carbons (Fsp3) is 0.412. The lowest BCUT2D eigenvalue weighted by Gasteiger charge is -2.24. The fourth-order valence-corrected chi connectivity index (χ4v) is 3.73. The molecule has 1 heterocycles. The van der Waals surface area contributed by atoms with E-state index in [-0.39, 0.29) is 17.8 Å². The SMILES string of the molecule is COC(=O)C1CCC(c2ncc(Sc3ccc(Cl)cc3)o2)CC1. The minimum Gasteiger partial charge on any atom is -0.469 e. The second kappa shape index (κ2) is 7.41. The Kier molecular flexibility index (Phi) is 5.28. The number of methoxy groups -OCH3 is 1. The molecule has 1 aliphatic carbocycles. The van der Waals surface area contributed by atoms with Gasteiger partial charge in [-0.2, -0.15) is 0 Å². The number of halogens is 1. The highest BCUT2D eigenvalue weighted by atomic mass is 35.5. The van der Waals surface area contributed by atoms with Crippen molar-refractivity contribution in [3.63, 3.8) is 0 Å². The van der Waals surface area contributed by atoms with Crippen LogP contribution in [0.25, 0.3) is 0 Å². The van der Waals surface area contributed by atoms with Crippen LogP contribution in [0.1, 0.15) is 37.5 Å². The van der Waals surface area contributed by atoms with Crippen molar-refractivity contribution < 1.29 is 13.9 Å². The molecule has 122 valence electrons. The zero-order valence-corrected chi connectivity index (χ0v) is 14.4. The van der Waals surface area contributed by atoms with Crippen LogP contribution in [0.4, 0.5) is 0 Å². The van der Waals surface area contributed by atoms with Gasteiger partial charge in [-0.1, -0.05) is 23.4 Å². The summed E-state index contributed by atoms with van der Waals surface area (Å²) in [5, 5.41) is 1.49. The summed E-state index contributed by atoms with van der Waals surface area (Å²) in [6, 6.07) is 7.62. The zero-order chi connectivity index (χ0) is 16.2. The minimum atomic E-state index is -0.102. The molecule has 0 bridgehead atoms. The molecule has 0 atom stereocenters. The van der Waals surface area contributed by atoms with Gasteiger partial charge in [0.2, 0.25) is 0 Å². The van der Waals surface area contributed by atoms with Crippen molar-refractivity contribution in [3.8, 4) is 0 Å². The normalized spacial score (nSPS) is 21.1. The number of carbonyl (C=O) groups is 1. The Hall–Kier alpha value is -1.46. The first-order chi connectivity index (χ1) is 11.2. The zero-order valence-electron chi connectivity index (χ0n) is 12.8. The molecule has 6 heteroatoms. The van der Waals surface area contributed by atoms with Crippen LogP contribution in [-0.2, 0) is 9.53 Å². The fourth-order valence-electron chi connectivity index (χ4n) is 2.87. The van der Waals surface area contributed by atoms with E-state index in [9.17, 15) is 4.79 Å². The Bertz CT molecular complexity index is 663. The summed E-state index contributed by atoms with van der Waals surface area (Å²) >= 11 is 7.42. The van der Waals surface area contributed by atoms with E-state index >= 15 is 0 Å². The van der Waals surface area contributed by atoms with Crippen LogP contribution in [0, 0.1) is 5.92 Å². The van der Waals surface area contributed by atoms with Gasteiger partial charge in [-0.3, -0.25) is 4.79 Å². The van der Waals surface area contributed by atoms with Crippen molar-refractivity contribution >= 4 is 29.3 Å². The molecule has 0 saturated heterocycles. The number of benzene rings is 1. The molecule has 2 aromatic rings. The maximum Gasteiger partial charge on any atom is 0.308 e.